The van der Waals surface area contributed by atoms with Gasteiger partial charge >= 0.3 is 6.03 Å². The fourth-order valence-corrected chi connectivity index (χ4v) is 3.28. The second-order valence-corrected chi connectivity index (χ2v) is 7.04. The van der Waals surface area contributed by atoms with Crippen LogP contribution < -0.4 is 10.6 Å². The number of carbonyl (C=O) groups is 2. The van der Waals surface area contributed by atoms with Gasteiger partial charge in [0.05, 0.1) is 0 Å². The molecule has 3 rings (SSSR count). The minimum absolute atomic E-state index is 0.222. The zero-order chi connectivity index (χ0) is 19.8. The van der Waals surface area contributed by atoms with Crippen LogP contribution >= 0.6 is 0 Å². The van der Waals surface area contributed by atoms with Gasteiger partial charge in [0.25, 0.3) is 0 Å². The molecule has 0 radical (unpaired) electrons. The second-order valence-electron chi connectivity index (χ2n) is 7.04. The Hall–Kier alpha value is -2.89. The Morgan fingerprint density at radius 3 is 2.18 bits per heavy atom. The fourth-order valence-electron chi connectivity index (χ4n) is 3.28. The summed E-state index contributed by atoms with van der Waals surface area (Å²) >= 11 is 0. The Morgan fingerprint density at radius 2 is 1.50 bits per heavy atom. The normalized spacial score (nSPS) is 13.4. The number of anilines is 1. The molecule has 28 heavy (non-hydrogen) atoms. The standard InChI is InChI=1S/C22H26FN3O2/c23-19-8-3-18(4-9-19)13-14-24-22(28)25-20-10-5-17(6-11-20)7-12-21(27)26-15-1-2-16-26/h3-6,8-11H,1-2,7,12-16H2,(H2,24,25,28). The maximum Gasteiger partial charge on any atom is 0.319 e. The van der Waals surface area contributed by atoms with Crippen molar-refractivity contribution in [1.82, 2.24) is 10.2 Å². The van der Waals surface area contributed by atoms with Crippen molar-refractivity contribution in [2.45, 2.75) is 32.1 Å². The predicted octanol–water partition coefficient (Wildman–Crippen LogP) is 3.74. The summed E-state index contributed by atoms with van der Waals surface area (Å²) in [6.07, 6.45) is 4.09. The molecule has 0 saturated carbocycles. The summed E-state index contributed by atoms with van der Waals surface area (Å²) in [5.74, 6) is -0.0430. The van der Waals surface area contributed by atoms with Crippen molar-refractivity contribution in [3.63, 3.8) is 0 Å². The summed E-state index contributed by atoms with van der Waals surface area (Å²) in [5, 5.41) is 5.58. The molecule has 2 aromatic carbocycles. The van der Waals surface area contributed by atoms with E-state index in [-0.39, 0.29) is 17.8 Å². The van der Waals surface area contributed by atoms with Gasteiger partial charge in [-0.05, 0) is 61.1 Å². The molecule has 0 aliphatic carbocycles. The van der Waals surface area contributed by atoms with E-state index in [9.17, 15) is 14.0 Å². The van der Waals surface area contributed by atoms with E-state index in [2.05, 4.69) is 10.6 Å². The Kier molecular flexibility index (Phi) is 7.00. The van der Waals surface area contributed by atoms with E-state index in [4.69, 9.17) is 0 Å². The van der Waals surface area contributed by atoms with Crippen LogP contribution in [-0.4, -0.2) is 36.5 Å². The molecule has 5 nitrogen and oxygen atoms in total. The minimum Gasteiger partial charge on any atom is -0.343 e. The molecule has 1 aliphatic rings. The SMILES string of the molecule is O=C(NCCc1ccc(F)cc1)Nc1ccc(CCC(=O)N2CCCC2)cc1. The molecular formula is C22H26FN3O2. The van der Waals surface area contributed by atoms with Gasteiger partial charge in [-0.15, -0.1) is 0 Å². The molecule has 0 unspecified atom stereocenters. The molecular weight excluding hydrogens is 357 g/mol. The number of aryl methyl sites for hydroxylation is 1. The molecule has 0 spiro atoms. The number of nitrogens with one attached hydrogen (secondary N) is 2. The molecule has 0 atom stereocenters. The van der Waals surface area contributed by atoms with Gasteiger partial charge in [0.1, 0.15) is 5.82 Å². The first-order chi connectivity index (χ1) is 13.6. The topological polar surface area (TPSA) is 61.4 Å². The van der Waals surface area contributed by atoms with Crippen molar-refractivity contribution in [3.8, 4) is 0 Å². The van der Waals surface area contributed by atoms with Crippen LogP contribution in [0.2, 0.25) is 0 Å². The predicted molar refractivity (Wildman–Crippen MR) is 108 cm³/mol. The smallest absolute Gasteiger partial charge is 0.319 e. The van der Waals surface area contributed by atoms with Crippen molar-refractivity contribution in [1.29, 1.82) is 0 Å². The average Bonchev–Trinajstić information content (AvgIpc) is 3.24. The van der Waals surface area contributed by atoms with Gasteiger partial charge in [0.15, 0.2) is 0 Å². The second kappa shape index (κ2) is 9.88. The highest BCUT2D eigenvalue weighted by Gasteiger charge is 2.17. The van der Waals surface area contributed by atoms with Crippen molar-refractivity contribution < 1.29 is 14.0 Å². The lowest BCUT2D eigenvalue weighted by atomic mass is 10.1. The van der Waals surface area contributed by atoms with Crippen molar-refractivity contribution in [2.24, 2.45) is 0 Å². The molecule has 1 aliphatic heterocycles. The number of hydrogen-bond donors (Lipinski definition) is 2. The van der Waals surface area contributed by atoms with Crippen LogP contribution in [-0.2, 0) is 17.6 Å². The largest absolute Gasteiger partial charge is 0.343 e. The first-order valence-electron chi connectivity index (χ1n) is 9.76. The maximum atomic E-state index is 12.9. The van der Waals surface area contributed by atoms with Crippen LogP contribution in [0.25, 0.3) is 0 Å². The number of nitrogens with zero attached hydrogens (tertiary/aromatic N) is 1. The highest BCUT2D eigenvalue weighted by Crippen LogP contribution is 2.14. The number of carbonyl (C=O) groups excluding carboxylic acids is 2. The van der Waals surface area contributed by atoms with Crippen LogP contribution in [0, 0.1) is 5.82 Å². The molecule has 1 heterocycles. The summed E-state index contributed by atoms with van der Waals surface area (Å²) in [6, 6.07) is 13.5. The third-order valence-corrected chi connectivity index (χ3v) is 4.91. The number of benzene rings is 2. The van der Waals surface area contributed by atoms with Gasteiger partial charge in [0, 0.05) is 31.7 Å². The lowest BCUT2D eigenvalue weighted by Gasteiger charge is -2.15. The van der Waals surface area contributed by atoms with Crippen LogP contribution in [0.4, 0.5) is 14.9 Å². The van der Waals surface area contributed by atoms with Gasteiger partial charge < -0.3 is 15.5 Å². The number of urea groups is 1. The van der Waals surface area contributed by atoms with E-state index in [0.29, 0.717) is 31.5 Å². The first kappa shape index (κ1) is 19.9. The lowest BCUT2D eigenvalue weighted by Crippen LogP contribution is -2.30. The Labute approximate surface area is 164 Å². The van der Waals surface area contributed by atoms with E-state index < -0.39 is 0 Å². The number of rotatable bonds is 7. The van der Waals surface area contributed by atoms with Crippen molar-refractivity contribution >= 4 is 17.6 Å². The van der Waals surface area contributed by atoms with Gasteiger partial charge in [-0.25, -0.2) is 9.18 Å². The number of likely N-dealkylation sites (tertiary alicyclic amines) is 1. The van der Waals surface area contributed by atoms with Crippen LogP contribution in [0.5, 0.6) is 0 Å². The van der Waals surface area contributed by atoms with Gasteiger partial charge in [-0.2, -0.15) is 0 Å². The molecule has 148 valence electrons. The Morgan fingerprint density at radius 1 is 0.893 bits per heavy atom. The highest BCUT2D eigenvalue weighted by atomic mass is 19.1. The molecule has 1 saturated heterocycles. The molecule has 0 aromatic heterocycles. The fraction of sp³-hybridized carbons (Fsp3) is 0.364. The Bertz CT molecular complexity index is 784. The number of halogens is 1. The molecule has 2 aromatic rings. The molecule has 2 N–H and O–H groups in total. The van der Waals surface area contributed by atoms with E-state index in [0.717, 1.165) is 37.1 Å². The quantitative estimate of drug-likeness (QED) is 0.765. The molecule has 1 fully saturated rings. The van der Waals surface area contributed by atoms with Gasteiger partial charge in [0.2, 0.25) is 5.91 Å². The van der Waals surface area contributed by atoms with Crippen LogP contribution in [0.1, 0.15) is 30.4 Å². The van der Waals surface area contributed by atoms with Gasteiger partial charge in [-0.3, -0.25) is 4.79 Å². The van der Waals surface area contributed by atoms with E-state index >= 15 is 0 Å². The molecule has 0 bridgehead atoms. The number of amides is 3. The monoisotopic (exact) mass is 383 g/mol. The molecule has 6 heteroatoms. The number of hydrogen-bond acceptors (Lipinski definition) is 2. The Balaban J connectivity index is 1.37. The summed E-state index contributed by atoms with van der Waals surface area (Å²) in [7, 11) is 0. The zero-order valence-electron chi connectivity index (χ0n) is 15.9. The van der Waals surface area contributed by atoms with Crippen molar-refractivity contribution in [2.75, 3.05) is 25.0 Å². The minimum atomic E-state index is -0.279. The van der Waals surface area contributed by atoms with Crippen LogP contribution in [0.3, 0.4) is 0 Å². The highest BCUT2D eigenvalue weighted by molar-refractivity contribution is 5.89. The average molecular weight is 383 g/mol. The molecule has 3 amide bonds. The summed E-state index contributed by atoms with van der Waals surface area (Å²) in [5.41, 5.74) is 2.75. The summed E-state index contributed by atoms with van der Waals surface area (Å²) in [4.78, 5) is 26.0. The summed E-state index contributed by atoms with van der Waals surface area (Å²) in [6.45, 7) is 2.24. The van der Waals surface area contributed by atoms with E-state index in [1.807, 2.05) is 29.2 Å². The first-order valence-corrected chi connectivity index (χ1v) is 9.76. The van der Waals surface area contributed by atoms with E-state index in [1.54, 1.807) is 12.1 Å². The third kappa shape index (κ3) is 6.08. The third-order valence-electron chi connectivity index (χ3n) is 4.91. The zero-order valence-corrected chi connectivity index (χ0v) is 15.9. The van der Waals surface area contributed by atoms with Crippen molar-refractivity contribution in [3.05, 3.63) is 65.5 Å². The lowest BCUT2D eigenvalue weighted by molar-refractivity contribution is -0.130. The maximum absolute atomic E-state index is 12.9. The summed E-state index contributed by atoms with van der Waals surface area (Å²) < 4.78 is 12.9. The van der Waals surface area contributed by atoms with E-state index in [1.165, 1.54) is 12.1 Å². The van der Waals surface area contributed by atoms with Crippen LogP contribution in [0.15, 0.2) is 48.5 Å². The van der Waals surface area contributed by atoms with Gasteiger partial charge in [-0.1, -0.05) is 24.3 Å².